The van der Waals surface area contributed by atoms with Crippen molar-refractivity contribution in [2.45, 2.75) is 19.9 Å². The first-order chi connectivity index (χ1) is 8.79. The van der Waals surface area contributed by atoms with Gasteiger partial charge in [0.25, 0.3) is 0 Å². The topological polar surface area (TPSA) is 30.5 Å². The summed E-state index contributed by atoms with van der Waals surface area (Å²) in [6, 6.07) is 6.16. The molecule has 0 radical (unpaired) electrons. The first-order valence-corrected chi connectivity index (χ1v) is 7.28. The third-order valence-corrected chi connectivity index (χ3v) is 3.87. The van der Waals surface area contributed by atoms with Crippen LogP contribution >= 0.6 is 15.9 Å². The minimum absolute atomic E-state index is 0.547. The van der Waals surface area contributed by atoms with Crippen molar-refractivity contribution in [2.24, 2.45) is 5.92 Å². The number of rotatable bonds is 6. The molecule has 0 saturated carbocycles. The summed E-state index contributed by atoms with van der Waals surface area (Å²) in [7, 11) is 0. The number of hydrogen-bond donors (Lipinski definition) is 1. The quantitative estimate of drug-likeness (QED) is 0.876. The minimum atomic E-state index is 0.547. The van der Waals surface area contributed by atoms with E-state index in [4.69, 9.17) is 9.47 Å². The molecule has 1 aromatic carbocycles. The molecular formula is C14H20BrNO2. The molecule has 2 rings (SSSR count). The molecule has 1 aliphatic rings. The molecule has 0 amide bonds. The summed E-state index contributed by atoms with van der Waals surface area (Å²) in [5.41, 5.74) is 1.23. The van der Waals surface area contributed by atoms with E-state index in [1.54, 1.807) is 0 Å². The highest BCUT2D eigenvalue weighted by Crippen LogP contribution is 2.23. The van der Waals surface area contributed by atoms with E-state index < -0.39 is 0 Å². The van der Waals surface area contributed by atoms with Gasteiger partial charge in [-0.25, -0.2) is 0 Å². The molecule has 4 heteroatoms. The van der Waals surface area contributed by atoms with Crippen LogP contribution in [0.25, 0.3) is 0 Å². The molecule has 3 nitrogen and oxygen atoms in total. The van der Waals surface area contributed by atoms with Crippen molar-refractivity contribution >= 4 is 15.9 Å². The largest absolute Gasteiger partial charge is 0.493 e. The number of nitrogens with one attached hydrogen (secondary N) is 1. The highest BCUT2D eigenvalue weighted by molar-refractivity contribution is 9.10. The molecule has 0 spiro atoms. The number of benzene rings is 1. The van der Waals surface area contributed by atoms with Crippen molar-refractivity contribution in [1.29, 1.82) is 0 Å². The van der Waals surface area contributed by atoms with Crippen LogP contribution in [0, 0.1) is 5.92 Å². The third kappa shape index (κ3) is 3.97. The van der Waals surface area contributed by atoms with E-state index in [1.807, 2.05) is 12.1 Å². The van der Waals surface area contributed by atoms with Crippen molar-refractivity contribution in [3.05, 3.63) is 28.2 Å². The summed E-state index contributed by atoms with van der Waals surface area (Å²) in [4.78, 5) is 0. The Morgan fingerprint density at radius 1 is 1.50 bits per heavy atom. The van der Waals surface area contributed by atoms with Gasteiger partial charge in [0.2, 0.25) is 0 Å². The predicted molar refractivity (Wildman–Crippen MR) is 75.9 cm³/mol. The first-order valence-electron chi connectivity index (χ1n) is 6.49. The van der Waals surface area contributed by atoms with Gasteiger partial charge in [-0.1, -0.05) is 22.9 Å². The van der Waals surface area contributed by atoms with E-state index >= 15 is 0 Å². The van der Waals surface area contributed by atoms with E-state index in [0.717, 1.165) is 49.6 Å². The zero-order chi connectivity index (χ0) is 12.8. The van der Waals surface area contributed by atoms with E-state index in [9.17, 15) is 0 Å². The number of hydrogen-bond acceptors (Lipinski definition) is 3. The Bertz CT molecular complexity index is 378. The maximum Gasteiger partial charge on any atom is 0.119 e. The smallest absolute Gasteiger partial charge is 0.119 e. The Labute approximate surface area is 117 Å². The molecule has 1 aromatic rings. The van der Waals surface area contributed by atoms with Gasteiger partial charge in [0.1, 0.15) is 5.75 Å². The molecule has 1 unspecified atom stereocenters. The maximum absolute atomic E-state index is 5.84. The fourth-order valence-corrected chi connectivity index (χ4v) is 2.35. The van der Waals surface area contributed by atoms with Crippen LogP contribution in [0.3, 0.4) is 0 Å². The molecule has 18 heavy (non-hydrogen) atoms. The molecule has 1 saturated heterocycles. The Morgan fingerprint density at radius 3 is 3.11 bits per heavy atom. The van der Waals surface area contributed by atoms with Crippen molar-refractivity contribution in [1.82, 2.24) is 5.32 Å². The van der Waals surface area contributed by atoms with Crippen LogP contribution in [-0.2, 0) is 11.3 Å². The second-order valence-electron chi connectivity index (χ2n) is 4.57. The van der Waals surface area contributed by atoms with E-state index in [2.05, 4.69) is 34.2 Å². The summed E-state index contributed by atoms with van der Waals surface area (Å²) in [5.74, 6) is 1.49. The Kier molecular flexibility index (Phi) is 5.47. The van der Waals surface area contributed by atoms with Gasteiger partial charge in [0.15, 0.2) is 0 Å². The van der Waals surface area contributed by atoms with Crippen molar-refractivity contribution in [3.8, 4) is 5.75 Å². The summed E-state index contributed by atoms with van der Waals surface area (Å²) >= 11 is 3.56. The molecule has 1 atom stereocenters. The van der Waals surface area contributed by atoms with Gasteiger partial charge < -0.3 is 14.8 Å². The summed E-state index contributed by atoms with van der Waals surface area (Å²) < 4.78 is 12.3. The third-order valence-electron chi connectivity index (χ3n) is 3.09. The maximum atomic E-state index is 5.84. The van der Waals surface area contributed by atoms with Gasteiger partial charge in [-0.15, -0.1) is 0 Å². The van der Waals surface area contributed by atoms with Gasteiger partial charge in [-0.05, 0) is 36.7 Å². The lowest BCUT2D eigenvalue weighted by atomic mass is 10.1. The van der Waals surface area contributed by atoms with E-state index in [0.29, 0.717) is 5.92 Å². The summed E-state index contributed by atoms with van der Waals surface area (Å²) in [6.07, 6.45) is 1.11. The Morgan fingerprint density at radius 2 is 2.39 bits per heavy atom. The van der Waals surface area contributed by atoms with Crippen LogP contribution in [0.4, 0.5) is 0 Å². The zero-order valence-electron chi connectivity index (χ0n) is 10.7. The number of ether oxygens (including phenoxy) is 2. The molecule has 0 aliphatic carbocycles. The van der Waals surface area contributed by atoms with Crippen LogP contribution in [0.15, 0.2) is 22.7 Å². The Balaban J connectivity index is 1.91. The van der Waals surface area contributed by atoms with Crippen molar-refractivity contribution in [2.75, 3.05) is 26.4 Å². The minimum Gasteiger partial charge on any atom is -0.493 e. The molecule has 1 fully saturated rings. The molecule has 1 aliphatic heterocycles. The molecule has 1 heterocycles. The average molecular weight is 314 g/mol. The van der Waals surface area contributed by atoms with Crippen LogP contribution < -0.4 is 10.1 Å². The van der Waals surface area contributed by atoms with Crippen LogP contribution in [0.5, 0.6) is 5.75 Å². The van der Waals surface area contributed by atoms with Gasteiger partial charge in [0.05, 0.1) is 13.2 Å². The van der Waals surface area contributed by atoms with E-state index in [1.165, 1.54) is 5.56 Å². The Hall–Kier alpha value is -0.580. The van der Waals surface area contributed by atoms with Gasteiger partial charge >= 0.3 is 0 Å². The highest BCUT2D eigenvalue weighted by atomic mass is 79.9. The molecule has 0 bridgehead atoms. The fraction of sp³-hybridized carbons (Fsp3) is 0.571. The molecule has 0 aromatic heterocycles. The van der Waals surface area contributed by atoms with Crippen LogP contribution in [0.1, 0.15) is 18.9 Å². The predicted octanol–water partition coefficient (Wildman–Crippen LogP) is 2.97. The highest BCUT2D eigenvalue weighted by Gasteiger charge is 2.16. The SMILES string of the molecule is CCNCc1cc(OCC2CCOC2)ccc1Br. The summed E-state index contributed by atoms with van der Waals surface area (Å²) in [6.45, 7) is 6.40. The van der Waals surface area contributed by atoms with Gasteiger partial charge in [-0.2, -0.15) is 0 Å². The molecule has 100 valence electrons. The van der Waals surface area contributed by atoms with Gasteiger partial charge in [-0.3, -0.25) is 0 Å². The van der Waals surface area contributed by atoms with Crippen molar-refractivity contribution < 1.29 is 9.47 Å². The zero-order valence-corrected chi connectivity index (χ0v) is 12.3. The second kappa shape index (κ2) is 7.12. The average Bonchev–Trinajstić information content (AvgIpc) is 2.89. The van der Waals surface area contributed by atoms with Crippen LogP contribution in [0.2, 0.25) is 0 Å². The van der Waals surface area contributed by atoms with Crippen LogP contribution in [-0.4, -0.2) is 26.4 Å². The number of halogens is 1. The second-order valence-corrected chi connectivity index (χ2v) is 5.43. The first kappa shape index (κ1) is 13.8. The standard InChI is InChI=1S/C14H20BrNO2/c1-2-16-8-12-7-13(3-4-14(12)15)18-10-11-5-6-17-9-11/h3-4,7,11,16H,2,5-6,8-10H2,1H3. The lowest BCUT2D eigenvalue weighted by Gasteiger charge is -2.12. The lowest BCUT2D eigenvalue weighted by Crippen LogP contribution is -2.13. The monoisotopic (exact) mass is 313 g/mol. The molecule has 1 N–H and O–H groups in total. The normalized spacial score (nSPS) is 19.1. The fourth-order valence-electron chi connectivity index (χ4n) is 1.96. The molecular weight excluding hydrogens is 294 g/mol. The van der Waals surface area contributed by atoms with E-state index in [-0.39, 0.29) is 0 Å². The van der Waals surface area contributed by atoms with Crippen molar-refractivity contribution in [3.63, 3.8) is 0 Å². The lowest BCUT2D eigenvalue weighted by molar-refractivity contribution is 0.167. The van der Waals surface area contributed by atoms with Gasteiger partial charge in [0, 0.05) is 23.5 Å². The summed E-state index contributed by atoms with van der Waals surface area (Å²) in [5, 5.41) is 3.32.